The molecular weight excluding hydrogens is 288 g/mol. The van der Waals surface area contributed by atoms with Crippen LogP contribution in [0.25, 0.3) is 0 Å². The fourth-order valence-corrected chi connectivity index (χ4v) is 0.992. The van der Waals surface area contributed by atoms with Gasteiger partial charge in [-0.2, -0.15) is 0 Å². The Labute approximate surface area is 131 Å². The predicted octanol–water partition coefficient (Wildman–Crippen LogP) is 2.71. The first kappa shape index (κ1) is 22.3. The molecule has 0 aromatic carbocycles. The van der Waals surface area contributed by atoms with Crippen LogP contribution in [0, 0.1) is 10.8 Å². The van der Waals surface area contributed by atoms with Gasteiger partial charge in [-0.1, -0.05) is 41.5 Å². The molecule has 0 aliphatic rings. The molecule has 2 N–H and O–H groups in total. The first-order valence-electron chi connectivity index (χ1n) is 6.88. The standard InChI is InChI=1S/C8H14O3.C8H12O3/c2*1-8(2,3)6(9)4-5-7(10)11/h4-5H2,1-3H3,(H,10,11);4-5H,1-3H3,(H,10,11)/b;5-4-. The Balaban J connectivity index is 0. The third-order valence-electron chi connectivity index (χ3n) is 2.52. The summed E-state index contributed by atoms with van der Waals surface area (Å²) in [4.78, 5) is 42.2. The molecule has 0 aliphatic heterocycles. The van der Waals surface area contributed by atoms with Crippen molar-refractivity contribution < 1.29 is 29.4 Å². The normalized spacial score (nSPS) is 11.5. The summed E-state index contributed by atoms with van der Waals surface area (Å²) in [5, 5.41) is 16.5. The number of carbonyl (C=O) groups excluding carboxylic acids is 2. The summed E-state index contributed by atoms with van der Waals surface area (Å²) in [5.74, 6) is -2.19. The van der Waals surface area contributed by atoms with Crippen LogP contribution in [0.5, 0.6) is 0 Å². The highest BCUT2D eigenvalue weighted by Gasteiger charge is 2.21. The van der Waals surface area contributed by atoms with Crippen LogP contribution in [0.15, 0.2) is 12.2 Å². The van der Waals surface area contributed by atoms with Crippen molar-refractivity contribution in [3.8, 4) is 0 Å². The van der Waals surface area contributed by atoms with Crippen molar-refractivity contribution in [1.82, 2.24) is 0 Å². The zero-order valence-corrected chi connectivity index (χ0v) is 14.1. The fourth-order valence-electron chi connectivity index (χ4n) is 0.992. The number of Topliss-reactive ketones (excluding diaryl/α,β-unsaturated/α-hetero) is 1. The van der Waals surface area contributed by atoms with Crippen molar-refractivity contribution in [2.45, 2.75) is 54.4 Å². The highest BCUT2D eigenvalue weighted by atomic mass is 16.4. The average molecular weight is 314 g/mol. The van der Waals surface area contributed by atoms with Crippen molar-refractivity contribution in [3.05, 3.63) is 12.2 Å². The SMILES string of the molecule is CC(C)(C)C(=O)/C=C\C(=O)O.CC(C)(C)C(=O)CCC(=O)O. The van der Waals surface area contributed by atoms with Crippen LogP contribution in [0.2, 0.25) is 0 Å². The molecule has 0 radical (unpaired) electrons. The van der Waals surface area contributed by atoms with Gasteiger partial charge in [-0.25, -0.2) is 4.79 Å². The fraction of sp³-hybridized carbons (Fsp3) is 0.625. The van der Waals surface area contributed by atoms with E-state index >= 15 is 0 Å². The summed E-state index contributed by atoms with van der Waals surface area (Å²) in [6.45, 7) is 10.6. The van der Waals surface area contributed by atoms with Gasteiger partial charge >= 0.3 is 11.9 Å². The predicted molar refractivity (Wildman–Crippen MR) is 82.6 cm³/mol. The summed E-state index contributed by atoms with van der Waals surface area (Å²) in [7, 11) is 0. The lowest BCUT2D eigenvalue weighted by Crippen LogP contribution is -2.20. The van der Waals surface area contributed by atoms with E-state index in [1.54, 1.807) is 41.5 Å². The summed E-state index contributed by atoms with van der Waals surface area (Å²) in [6, 6.07) is 0. The van der Waals surface area contributed by atoms with Gasteiger partial charge in [0.1, 0.15) is 5.78 Å². The Morgan fingerprint density at radius 2 is 1.23 bits per heavy atom. The summed E-state index contributed by atoms with van der Waals surface area (Å²) >= 11 is 0. The first-order valence-corrected chi connectivity index (χ1v) is 6.88. The van der Waals surface area contributed by atoms with E-state index in [1.165, 1.54) is 0 Å². The number of carbonyl (C=O) groups is 4. The van der Waals surface area contributed by atoms with Crippen molar-refractivity contribution in [2.24, 2.45) is 10.8 Å². The van der Waals surface area contributed by atoms with E-state index in [0.29, 0.717) is 0 Å². The number of carboxylic acids is 2. The molecule has 0 heterocycles. The minimum atomic E-state index is -1.09. The van der Waals surface area contributed by atoms with Crippen LogP contribution < -0.4 is 0 Å². The highest BCUT2D eigenvalue weighted by molar-refractivity contribution is 5.98. The Morgan fingerprint density at radius 1 is 0.773 bits per heavy atom. The summed E-state index contributed by atoms with van der Waals surface area (Å²) in [5.41, 5.74) is -0.901. The molecule has 0 fully saturated rings. The van der Waals surface area contributed by atoms with Gasteiger partial charge in [0.15, 0.2) is 5.78 Å². The average Bonchev–Trinajstić information content (AvgIpc) is 2.31. The minimum Gasteiger partial charge on any atom is -0.481 e. The van der Waals surface area contributed by atoms with E-state index in [0.717, 1.165) is 12.2 Å². The molecule has 0 amide bonds. The first-order chi connectivity index (χ1) is 9.67. The Kier molecular flexibility index (Phi) is 9.25. The largest absolute Gasteiger partial charge is 0.481 e. The van der Waals surface area contributed by atoms with Gasteiger partial charge in [0.25, 0.3) is 0 Å². The topological polar surface area (TPSA) is 109 Å². The molecule has 126 valence electrons. The molecule has 0 saturated heterocycles. The molecule has 0 aromatic heterocycles. The molecule has 6 nitrogen and oxygen atoms in total. The number of ketones is 2. The van der Waals surface area contributed by atoms with Gasteiger partial charge in [0.05, 0.1) is 6.42 Å². The van der Waals surface area contributed by atoms with E-state index in [9.17, 15) is 19.2 Å². The molecule has 0 atom stereocenters. The maximum atomic E-state index is 11.1. The number of carboxylic acid groups (broad SMARTS) is 2. The molecule has 0 rings (SSSR count). The van der Waals surface area contributed by atoms with Crippen LogP contribution >= 0.6 is 0 Å². The van der Waals surface area contributed by atoms with Crippen LogP contribution in [-0.4, -0.2) is 33.7 Å². The van der Waals surface area contributed by atoms with Crippen LogP contribution in [0.4, 0.5) is 0 Å². The van der Waals surface area contributed by atoms with Crippen LogP contribution in [0.1, 0.15) is 54.4 Å². The number of hydrogen-bond acceptors (Lipinski definition) is 4. The van der Waals surface area contributed by atoms with Crippen molar-refractivity contribution >= 4 is 23.5 Å². The zero-order chi connectivity index (χ0) is 18.1. The third kappa shape index (κ3) is 13.0. The molecular formula is C16H26O6. The Hall–Kier alpha value is -1.98. The molecule has 0 bridgehead atoms. The van der Waals surface area contributed by atoms with Gasteiger partial charge in [0, 0.05) is 23.3 Å². The number of aliphatic carboxylic acids is 2. The summed E-state index contributed by atoms with van der Waals surface area (Å²) < 4.78 is 0. The van der Waals surface area contributed by atoms with Gasteiger partial charge in [0.2, 0.25) is 0 Å². The third-order valence-corrected chi connectivity index (χ3v) is 2.52. The van der Waals surface area contributed by atoms with E-state index in [4.69, 9.17) is 10.2 Å². The second kappa shape index (κ2) is 9.12. The van der Waals surface area contributed by atoms with Crippen molar-refractivity contribution in [3.63, 3.8) is 0 Å². The number of rotatable bonds is 5. The second-order valence-corrected chi connectivity index (χ2v) is 6.85. The quantitative estimate of drug-likeness (QED) is 0.755. The molecule has 0 aliphatic carbocycles. The van der Waals surface area contributed by atoms with Crippen LogP contribution in [-0.2, 0) is 19.2 Å². The van der Waals surface area contributed by atoms with Gasteiger partial charge in [-0.15, -0.1) is 0 Å². The second-order valence-electron chi connectivity index (χ2n) is 6.85. The molecule has 0 saturated carbocycles. The van der Waals surface area contributed by atoms with Gasteiger partial charge in [-0.05, 0) is 6.08 Å². The monoisotopic (exact) mass is 314 g/mol. The van der Waals surface area contributed by atoms with E-state index in [2.05, 4.69) is 0 Å². The van der Waals surface area contributed by atoms with Gasteiger partial charge < -0.3 is 10.2 Å². The van der Waals surface area contributed by atoms with E-state index in [-0.39, 0.29) is 24.4 Å². The van der Waals surface area contributed by atoms with Crippen LogP contribution in [0.3, 0.4) is 0 Å². The smallest absolute Gasteiger partial charge is 0.328 e. The highest BCUT2D eigenvalue weighted by Crippen LogP contribution is 2.17. The zero-order valence-electron chi connectivity index (χ0n) is 14.1. The number of allylic oxidation sites excluding steroid dienone is 1. The van der Waals surface area contributed by atoms with E-state index in [1.807, 2.05) is 0 Å². The molecule has 0 unspecified atom stereocenters. The van der Waals surface area contributed by atoms with E-state index < -0.39 is 22.8 Å². The lowest BCUT2D eigenvalue weighted by Gasteiger charge is -2.15. The molecule has 22 heavy (non-hydrogen) atoms. The minimum absolute atomic E-state index is 0.0000926. The number of hydrogen-bond donors (Lipinski definition) is 2. The summed E-state index contributed by atoms with van der Waals surface area (Å²) in [6.07, 6.45) is 2.02. The Morgan fingerprint density at radius 3 is 1.50 bits per heavy atom. The molecule has 0 spiro atoms. The van der Waals surface area contributed by atoms with Gasteiger partial charge in [-0.3, -0.25) is 14.4 Å². The lowest BCUT2D eigenvalue weighted by molar-refractivity contribution is -0.139. The molecule has 6 heteroatoms. The maximum absolute atomic E-state index is 11.1. The Bertz CT molecular complexity index is 446. The van der Waals surface area contributed by atoms with Crippen molar-refractivity contribution in [1.29, 1.82) is 0 Å². The lowest BCUT2D eigenvalue weighted by atomic mass is 9.88. The maximum Gasteiger partial charge on any atom is 0.328 e. The molecule has 0 aromatic rings. The van der Waals surface area contributed by atoms with Crippen molar-refractivity contribution in [2.75, 3.05) is 0 Å².